The summed E-state index contributed by atoms with van der Waals surface area (Å²) in [6.07, 6.45) is 4.07. The zero-order chi connectivity index (χ0) is 16.5. The third kappa shape index (κ3) is 1.86. The molecule has 0 saturated carbocycles. The Morgan fingerprint density at radius 1 is 1.08 bits per heavy atom. The zero-order valence-electron chi connectivity index (χ0n) is 13.6. The molecule has 3 aliphatic rings. The molecule has 3 aliphatic heterocycles. The number of aromatic hydroxyl groups is 1. The fourth-order valence-corrected chi connectivity index (χ4v) is 3.76. The lowest BCUT2D eigenvalue weighted by Gasteiger charge is -2.28. The zero-order valence-corrected chi connectivity index (χ0v) is 13.6. The van der Waals surface area contributed by atoms with Gasteiger partial charge >= 0.3 is 0 Å². The molecule has 5 rings (SSSR count). The van der Waals surface area contributed by atoms with E-state index >= 15 is 0 Å². The van der Waals surface area contributed by atoms with Crippen LogP contribution in [0.1, 0.15) is 42.6 Å². The largest absolute Gasteiger partial charge is 0.508 e. The Bertz CT molecular complexity index is 881. The van der Waals surface area contributed by atoms with Gasteiger partial charge in [-0.2, -0.15) is 0 Å². The molecule has 0 spiro atoms. The van der Waals surface area contributed by atoms with E-state index in [0.29, 0.717) is 12.4 Å². The van der Waals surface area contributed by atoms with Crippen LogP contribution < -0.4 is 14.2 Å². The van der Waals surface area contributed by atoms with Crippen molar-refractivity contribution in [1.29, 1.82) is 0 Å². The second-order valence-corrected chi connectivity index (χ2v) is 7.11. The van der Waals surface area contributed by atoms with E-state index < -0.39 is 0 Å². The molecule has 2 aromatic carbocycles. The summed E-state index contributed by atoms with van der Waals surface area (Å²) in [5.41, 5.74) is 2.84. The van der Waals surface area contributed by atoms with E-state index in [-0.39, 0.29) is 23.4 Å². The lowest BCUT2D eigenvalue weighted by atomic mass is 9.88. The number of hydrogen-bond acceptors (Lipinski definition) is 4. The molecule has 4 nitrogen and oxygen atoms in total. The van der Waals surface area contributed by atoms with E-state index in [9.17, 15) is 5.11 Å². The number of ether oxygens (including phenoxy) is 3. The number of hydrogen-bond donors (Lipinski definition) is 1. The summed E-state index contributed by atoms with van der Waals surface area (Å²) in [5, 5.41) is 9.66. The lowest BCUT2D eigenvalue weighted by molar-refractivity contribution is 0.137. The molecule has 122 valence electrons. The average molecular weight is 322 g/mol. The first kappa shape index (κ1) is 13.8. The molecule has 0 unspecified atom stereocenters. The SMILES string of the molecule is CC1(C)C=Cc2c(ccc3c2O[C@@H]2c4ccc(O)cc4OC[C@@H]32)O1. The predicted molar refractivity (Wildman–Crippen MR) is 89.9 cm³/mol. The van der Waals surface area contributed by atoms with Crippen molar-refractivity contribution in [2.24, 2.45) is 0 Å². The first-order chi connectivity index (χ1) is 11.5. The van der Waals surface area contributed by atoms with Gasteiger partial charge in [-0.3, -0.25) is 0 Å². The molecule has 24 heavy (non-hydrogen) atoms. The molecule has 0 bridgehead atoms. The fourth-order valence-electron chi connectivity index (χ4n) is 3.76. The van der Waals surface area contributed by atoms with Crippen LogP contribution in [0.3, 0.4) is 0 Å². The minimum absolute atomic E-state index is 0.0841. The van der Waals surface area contributed by atoms with Crippen LogP contribution in [-0.2, 0) is 0 Å². The van der Waals surface area contributed by atoms with Crippen molar-refractivity contribution >= 4 is 6.08 Å². The van der Waals surface area contributed by atoms with Crippen molar-refractivity contribution < 1.29 is 19.3 Å². The molecule has 0 aromatic heterocycles. The predicted octanol–water partition coefficient (Wildman–Crippen LogP) is 4.19. The van der Waals surface area contributed by atoms with Crippen molar-refractivity contribution in [2.75, 3.05) is 6.61 Å². The van der Waals surface area contributed by atoms with E-state index in [1.165, 1.54) is 0 Å². The van der Waals surface area contributed by atoms with E-state index in [1.54, 1.807) is 12.1 Å². The number of fused-ring (bicyclic) bond motifs is 7. The topological polar surface area (TPSA) is 47.9 Å². The summed E-state index contributed by atoms with van der Waals surface area (Å²) in [5.74, 6) is 2.81. The molecule has 3 heterocycles. The Morgan fingerprint density at radius 2 is 1.92 bits per heavy atom. The van der Waals surface area contributed by atoms with Gasteiger partial charge in [0, 0.05) is 17.2 Å². The van der Waals surface area contributed by atoms with Crippen molar-refractivity contribution in [1.82, 2.24) is 0 Å². The average Bonchev–Trinajstić information content (AvgIpc) is 2.92. The van der Waals surface area contributed by atoms with E-state index in [2.05, 4.69) is 18.2 Å². The van der Waals surface area contributed by atoms with Crippen LogP contribution in [0.4, 0.5) is 0 Å². The summed E-state index contributed by atoms with van der Waals surface area (Å²) in [6.45, 7) is 4.62. The van der Waals surface area contributed by atoms with Crippen molar-refractivity contribution in [2.45, 2.75) is 31.5 Å². The van der Waals surface area contributed by atoms with Crippen molar-refractivity contribution in [3.8, 4) is 23.0 Å². The first-order valence-corrected chi connectivity index (χ1v) is 8.19. The highest BCUT2D eigenvalue weighted by molar-refractivity contribution is 5.71. The maximum Gasteiger partial charge on any atom is 0.138 e. The molecular weight excluding hydrogens is 304 g/mol. The van der Waals surface area contributed by atoms with Crippen LogP contribution >= 0.6 is 0 Å². The van der Waals surface area contributed by atoms with Crippen LogP contribution in [0.5, 0.6) is 23.0 Å². The Balaban J connectivity index is 1.61. The second-order valence-electron chi connectivity index (χ2n) is 7.11. The summed E-state index contributed by atoms with van der Waals surface area (Å²) >= 11 is 0. The Hall–Kier alpha value is -2.62. The summed E-state index contributed by atoms with van der Waals surface area (Å²) in [7, 11) is 0. The minimum atomic E-state index is -0.306. The van der Waals surface area contributed by atoms with Crippen molar-refractivity contribution in [3.63, 3.8) is 0 Å². The molecule has 0 saturated heterocycles. The van der Waals surface area contributed by atoms with Crippen molar-refractivity contribution in [3.05, 3.63) is 53.1 Å². The van der Waals surface area contributed by atoms with Crippen LogP contribution in [0.15, 0.2) is 36.4 Å². The summed E-state index contributed by atoms with van der Waals surface area (Å²) in [4.78, 5) is 0. The number of phenols is 1. The van der Waals surface area contributed by atoms with Gasteiger partial charge in [-0.05, 0) is 44.2 Å². The normalized spacial score (nSPS) is 24.6. The van der Waals surface area contributed by atoms with E-state index in [1.807, 2.05) is 26.0 Å². The number of benzene rings is 2. The quantitative estimate of drug-likeness (QED) is 0.790. The van der Waals surface area contributed by atoms with Crippen LogP contribution in [0.2, 0.25) is 0 Å². The third-order valence-electron chi connectivity index (χ3n) is 4.94. The minimum Gasteiger partial charge on any atom is -0.508 e. The molecule has 2 aromatic rings. The van der Waals surface area contributed by atoms with Crippen LogP contribution in [0.25, 0.3) is 6.08 Å². The van der Waals surface area contributed by atoms with Gasteiger partial charge in [0.1, 0.15) is 34.7 Å². The summed E-state index contributed by atoms with van der Waals surface area (Å²) < 4.78 is 18.3. The van der Waals surface area contributed by atoms with Gasteiger partial charge in [-0.15, -0.1) is 0 Å². The molecule has 0 radical (unpaired) electrons. The molecule has 0 amide bonds. The smallest absolute Gasteiger partial charge is 0.138 e. The van der Waals surface area contributed by atoms with Gasteiger partial charge in [0.2, 0.25) is 0 Å². The van der Waals surface area contributed by atoms with Gasteiger partial charge in [0.15, 0.2) is 0 Å². The van der Waals surface area contributed by atoms with Gasteiger partial charge in [-0.1, -0.05) is 6.07 Å². The summed E-state index contributed by atoms with van der Waals surface area (Å²) in [6, 6.07) is 9.33. The van der Waals surface area contributed by atoms with E-state index in [0.717, 1.165) is 28.2 Å². The Morgan fingerprint density at radius 3 is 2.79 bits per heavy atom. The molecule has 1 N–H and O–H groups in total. The third-order valence-corrected chi connectivity index (χ3v) is 4.94. The highest BCUT2D eigenvalue weighted by Crippen LogP contribution is 2.54. The maximum atomic E-state index is 9.66. The lowest BCUT2D eigenvalue weighted by Crippen LogP contribution is -2.27. The molecule has 0 fully saturated rings. The van der Waals surface area contributed by atoms with Gasteiger partial charge in [-0.25, -0.2) is 0 Å². The fraction of sp³-hybridized carbons (Fsp3) is 0.300. The molecule has 4 heteroatoms. The number of rotatable bonds is 0. The monoisotopic (exact) mass is 322 g/mol. The number of phenolic OH excluding ortho intramolecular Hbond substituents is 1. The Labute approximate surface area is 140 Å². The highest BCUT2D eigenvalue weighted by atomic mass is 16.5. The van der Waals surface area contributed by atoms with Crippen LogP contribution in [-0.4, -0.2) is 17.3 Å². The van der Waals surface area contributed by atoms with Gasteiger partial charge in [0.05, 0.1) is 18.1 Å². The molecule has 0 aliphatic carbocycles. The highest BCUT2D eigenvalue weighted by Gasteiger charge is 2.42. The second kappa shape index (κ2) is 4.47. The van der Waals surface area contributed by atoms with Gasteiger partial charge in [0.25, 0.3) is 0 Å². The first-order valence-electron chi connectivity index (χ1n) is 8.19. The molecular formula is C20H18O4. The molecule has 2 atom stereocenters. The Kier molecular flexibility index (Phi) is 2.57. The van der Waals surface area contributed by atoms with Gasteiger partial charge < -0.3 is 19.3 Å². The standard InChI is InChI=1S/C20H18O4/c1-20(2)8-7-14-16(24-20)6-5-12-15-10-22-17-9-11(21)3-4-13(17)19(15)23-18(12)14/h3-9,15,19,21H,10H2,1-2H3/t15-,19+/m0/s1. The van der Waals surface area contributed by atoms with Crippen LogP contribution in [0, 0.1) is 0 Å². The van der Waals surface area contributed by atoms with E-state index in [4.69, 9.17) is 14.2 Å². The maximum absolute atomic E-state index is 9.66.